The maximum Gasteiger partial charge on any atom is 0.514 e. The molecule has 216 valence electrons. The van der Waals surface area contributed by atoms with Crippen molar-refractivity contribution >= 4 is 34.6 Å². The third-order valence-electron chi connectivity index (χ3n) is 3.84. The van der Waals surface area contributed by atoms with Crippen molar-refractivity contribution in [3.05, 3.63) is 68.8 Å². The topological polar surface area (TPSA) is 187 Å². The number of carbonyl (C=O) groups is 2. The summed E-state index contributed by atoms with van der Waals surface area (Å²) in [7, 11) is 3.06. The van der Waals surface area contributed by atoms with Gasteiger partial charge in [0.2, 0.25) is 0 Å². The number of aliphatic hydroxyl groups is 1. The molecule has 0 radical (unpaired) electrons. The molecule has 0 saturated carbocycles. The summed E-state index contributed by atoms with van der Waals surface area (Å²) < 4.78 is 23.9. The van der Waals surface area contributed by atoms with Gasteiger partial charge in [0.25, 0.3) is 11.4 Å². The van der Waals surface area contributed by atoms with Gasteiger partial charge >= 0.3 is 11.6 Å². The Morgan fingerprint density at radius 2 is 1.18 bits per heavy atom. The Labute approximate surface area is 229 Å². The molecule has 0 aliphatic heterocycles. The summed E-state index contributed by atoms with van der Waals surface area (Å²) in [5.41, 5.74) is -2.62. The number of non-ortho nitro benzene ring substituents is 2. The third-order valence-corrected chi connectivity index (χ3v) is 3.92. The minimum Gasteiger partial charge on any atom is -0.426 e. The Kier molecular flexibility index (Phi) is 15.2. The van der Waals surface area contributed by atoms with E-state index in [-0.39, 0.29) is 29.5 Å². The number of halogens is 1. The first-order valence-corrected chi connectivity index (χ1v) is 11.3. The highest BCUT2D eigenvalue weighted by Crippen LogP contribution is 2.19. The molecule has 0 spiro atoms. The van der Waals surface area contributed by atoms with E-state index in [1.807, 2.05) is 0 Å². The molecule has 0 amide bonds. The van der Waals surface area contributed by atoms with E-state index in [0.29, 0.717) is 6.61 Å². The van der Waals surface area contributed by atoms with E-state index < -0.39 is 32.6 Å². The van der Waals surface area contributed by atoms with E-state index in [0.717, 1.165) is 0 Å². The monoisotopic (exact) mass is 574 g/mol. The Morgan fingerprint density at radius 3 is 1.46 bits per heavy atom. The molecule has 0 saturated heterocycles. The lowest BCUT2D eigenvalue weighted by molar-refractivity contribution is -0.385. The van der Waals surface area contributed by atoms with Crippen LogP contribution in [0.25, 0.3) is 0 Å². The summed E-state index contributed by atoms with van der Waals surface area (Å²) in [6.45, 7) is 7.38. The van der Waals surface area contributed by atoms with E-state index in [1.54, 1.807) is 34.8 Å². The predicted octanol–water partition coefficient (Wildman–Crippen LogP) is 5.27. The highest BCUT2D eigenvalue weighted by atomic mass is 35.5. The number of nitrogens with zero attached hydrogens (tertiary/aromatic N) is 2. The zero-order valence-corrected chi connectivity index (χ0v) is 23.0. The van der Waals surface area contributed by atoms with Crippen LogP contribution in [0.1, 0.15) is 27.7 Å². The van der Waals surface area contributed by atoms with E-state index in [2.05, 4.69) is 9.47 Å². The summed E-state index contributed by atoms with van der Waals surface area (Å²) in [4.78, 5) is 41.3. The van der Waals surface area contributed by atoms with Gasteiger partial charge in [-0.3, -0.25) is 20.2 Å². The molecule has 0 aliphatic carbocycles. The number of rotatable bonds is 9. The second kappa shape index (κ2) is 16.9. The highest BCUT2D eigenvalue weighted by molar-refractivity contribution is 6.61. The van der Waals surface area contributed by atoms with Gasteiger partial charge in [0, 0.05) is 50.1 Å². The van der Waals surface area contributed by atoms with Gasteiger partial charge in [-0.1, -0.05) is 0 Å². The Bertz CT molecular complexity index is 1070. The van der Waals surface area contributed by atoms with Gasteiger partial charge in [-0.25, -0.2) is 9.59 Å². The maximum atomic E-state index is 11.5. The van der Waals surface area contributed by atoms with Crippen LogP contribution in [0.5, 0.6) is 11.5 Å². The summed E-state index contributed by atoms with van der Waals surface area (Å²) >= 11 is 4.92. The van der Waals surface area contributed by atoms with E-state index in [9.17, 15) is 29.8 Å². The molecule has 0 aromatic heterocycles. The van der Waals surface area contributed by atoms with Gasteiger partial charge in [-0.2, -0.15) is 0 Å². The first kappa shape index (κ1) is 35.2. The normalized spacial score (nSPS) is 10.6. The van der Waals surface area contributed by atoms with Gasteiger partial charge in [0.05, 0.1) is 28.7 Å². The van der Waals surface area contributed by atoms with Crippen LogP contribution < -0.4 is 9.47 Å². The minimum atomic E-state index is -0.978. The molecular formula is C24H31ClN2O12. The van der Waals surface area contributed by atoms with Crippen molar-refractivity contribution in [3.63, 3.8) is 0 Å². The van der Waals surface area contributed by atoms with Crippen LogP contribution in [-0.2, 0) is 14.2 Å². The van der Waals surface area contributed by atoms with Crippen molar-refractivity contribution in [1.29, 1.82) is 0 Å². The molecule has 2 rings (SSSR count). The van der Waals surface area contributed by atoms with Gasteiger partial charge in [-0.05, 0) is 52.0 Å². The lowest BCUT2D eigenvalue weighted by Gasteiger charge is -2.23. The fourth-order valence-electron chi connectivity index (χ4n) is 2.44. The van der Waals surface area contributed by atoms with Crippen molar-refractivity contribution < 1.29 is 48.2 Å². The molecule has 0 atom stereocenters. The zero-order chi connectivity index (χ0) is 30.2. The van der Waals surface area contributed by atoms with Crippen LogP contribution in [0.15, 0.2) is 48.5 Å². The average Bonchev–Trinajstić information content (AvgIpc) is 2.79. The molecule has 0 fully saturated rings. The maximum absolute atomic E-state index is 11.5. The Morgan fingerprint density at radius 1 is 0.795 bits per heavy atom. The van der Waals surface area contributed by atoms with Gasteiger partial charge < -0.3 is 28.8 Å². The van der Waals surface area contributed by atoms with Crippen LogP contribution in [0, 0.1) is 20.2 Å². The summed E-state index contributed by atoms with van der Waals surface area (Å²) in [6, 6.07) is 10.1. The highest BCUT2D eigenvalue weighted by Gasteiger charge is 2.24. The fourth-order valence-corrected chi connectivity index (χ4v) is 2.53. The van der Waals surface area contributed by atoms with E-state index in [4.69, 9.17) is 30.9 Å². The number of hydrogen-bond donors (Lipinski definition) is 1. The largest absolute Gasteiger partial charge is 0.514 e. The lowest BCUT2D eigenvalue weighted by atomic mass is 10.1. The number of hydrogen-bond acceptors (Lipinski definition) is 12. The molecule has 15 heteroatoms. The van der Waals surface area contributed by atoms with Crippen molar-refractivity contribution in [3.8, 4) is 11.5 Å². The number of carbonyl (C=O) groups excluding carboxylic acids is 2. The van der Waals surface area contributed by atoms with Crippen LogP contribution in [-0.4, -0.2) is 65.2 Å². The molecule has 14 nitrogen and oxygen atoms in total. The number of ether oxygens (including phenoxy) is 5. The second-order valence-corrected chi connectivity index (χ2v) is 9.04. The number of nitro groups is 2. The number of nitro benzene ring substituents is 2. The summed E-state index contributed by atoms with van der Waals surface area (Å²) in [5, 5.41) is 29.6. The first-order chi connectivity index (χ1) is 18.0. The molecule has 1 N–H and O–H groups in total. The molecule has 0 heterocycles. The average molecular weight is 575 g/mol. The Hall–Kier alpha value is -3.85. The molecule has 0 unspecified atom stereocenters. The Balaban J connectivity index is 0.000000622. The molecule has 0 bridgehead atoms. The van der Waals surface area contributed by atoms with Crippen molar-refractivity contribution in [2.75, 3.05) is 27.4 Å². The van der Waals surface area contributed by atoms with Crippen molar-refractivity contribution in [2.24, 2.45) is 0 Å². The minimum absolute atomic E-state index is 0.0747. The first-order valence-electron chi connectivity index (χ1n) is 11.0. The van der Waals surface area contributed by atoms with Gasteiger partial charge in [-0.15, -0.1) is 0 Å². The lowest BCUT2D eigenvalue weighted by Crippen LogP contribution is -2.34. The number of benzene rings is 2. The smallest absolute Gasteiger partial charge is 0.426 e. The molecule has 2 aromatic rings. The number of methoxy groups -OCH3 is 2. The zero-order valence-electron chi connectivity index (χ0n) is 22.2. The van der Waals surface area contributed by atoms with E-state index in [1.165, 1.54) is 55.6 Å². The van der Waals surface area contributed by atoms with Crippen molar-refractivity contribution in [1.82, 2.24) is 0 Å². The summed E-state index contributed by atoms with van der Waals surface area (Å²) in [5.74, 6) is 0.342. The predicted molar refractivity (Wildman–Crippen MR) is 139 cm³/mol. The fraction of sp³-hybridized carbons (Fsp3) is 0.417. The van der Waals surface area contributed by atoms with Crippen molar-refractivity contribution in [2.45, 2.75) is 38.9 Å². The van der Waals surface area contributed by atoms with E-state index >= 15 is 0 Å². The van der Waals surface area contributed by atoms with Crippen LogP contribution >= 0.6 is 11.6 Å². The van der Waals surface area contributed by atoms with Crippen LogP contribution in [0.3, 0.4) is 0 Å². The molecule has 2 aromatic carbocycles. The standard InChI is InChI=1S/C12H15NO6.C7H4ClNO4.C5H12O2/c1-12(2,8-17-3)19-11(14)18-10-6-4-9(5-7-10)13(15)16;8-7(10)13-6-3-1-5(2-4-6)9(11)12;1-5(2,6)4-7-3/h4-7H,8H2,1-3H3;1-4H;6H,4H2,1-3H3. The molecular weight excluding hydrogens is 544 g/mol. The van der Waals surface area contributed by atoms with Crippen LogP contribution in [0.4, 0.5) is 21.0 Å². The van der Waals surface area contributed by atoms with Gasteiger partial charge in [0.15, 0.2) is 0 Å². The quantitative estimate of drug-likeness (QED) is 0.134. The summed E-state index contributed by atoms with van der Waals surface area (Å²) in [6.07, 6.45) is -0.893. The SMILES string of the molecule is COCC(C)(C)O.COCC(C)(C)OC(=O)Oc1ccc([N+](=O)[O-])cc1.O=C(Cl)Oc1ccc([N+](=O)[O-])cc1. The molecule has 39 heavy (non-hydrogen) atoms. The third kappa shape index (κ3) is 17.3. The molecule has 0 aliphatic rings. The second-order valence-electron chi connectivity index (χ2n) is 8.73. The van der Waals surface area contributed by atoms with Gasteiger partial charge in [0.1, 0.15) is 17.1 Å². The van der Waals surface area contributed by atoms with Crippen LogP contribution in [0.2, 0.25) is 0 Å².